The number of carbonyl (C=O) groups is 1. The third-order valence-corrected chi connectivity index (χ3v) is 6.15. The number of aryl methyl sites for hydroxylation is 1. The molecule has 0 saturated heterocycles. The fourth-order valence-corrected chi connectivity index (χ4v) is 4.13. The van der Waals surface area contributed by atoms with E-state index < -0.39 is 0 Å². The van der Waals surface area contributed by atoms with Gasteiger partial charge in [0.05, 0.1) is 7.11 Å². The summed E-state index contributed by atoms with van der Waals surface area (Å²) in [4.78, 5) is 17.9. The van der Waals surface area contributed by atoms with Crippen molar-refractivity contribution in [1.29, 1.82) is 0 Å². The molecule has 5 nitrogen and oxygen atoms in total. The summed E-state index contributed by atoms with van der Waals surface area (Å²) in [6, 6.07) is 19.9. The largest absolute Gasteiger partial charge is 0.496 e. The summed E-state index contributed by atoms with van der Waals surface area (Å²) in [7, 11) is 1.68. The molecule has 4 aromatic rings. The Kier molecular flexibility index (Phi) is 6.61. The van der Waals surface area contributed by atoms with Crippen LogP contribution in [0.3, 0.4) is 0 Å². The van der Waals surface area contributed by atoms with Crippen LogP contribution in [0.1, 0.15) is 11.1 Å². The Morgan fingerprint density at radius 3 is 2.56 bits per heavy atom. The van der Waals surface area contributed by atoms with Crippen LogP contribution in [0.5, 0.6) is 5.75 Å². The number of thioether (sulfide) groups is 1. The number of hydrogen-bond donors (Lipinski definition) is 2. The molecule has 3 aromatic carbocycles. The van der Waals surface area contributed by atoms with E-state index in [1.807, 2.05) is 61.8 Å². The van der Waals surface area contributed by atoms with Crippen molar-refractivity contribution in [2.45, 2.75) is 18.4 Å². The molecule has 0 unspecified atom stereocenters. The number of urea groups is 1. The number of anilines is 1. The van der Waals surface area contributed by atoms with E-state index in [9.17, 15) is 4.79 Å². The number of rotatable bonds is 6. The van der Waals surface area contributed by atoms with Crippen molar-refractivity contribution < 1.29 is 9.53 Å². The first-order valence-corrected chi connectivity index (χ1v) is 11.5. The zero-order chi connectivity index (χ0) is 22.5. The average molecular weight is 444 g/mol. The molecule has 0 aliphatic heterocycles. The predicted octanol–water partition coefficient (Wildman–Crippen LogP) is 6.26. The number of carbonyl (C=O) groups excluding carboxylic acids is 1. The molecular weight excluding hydrogens is 418 g/mol. The molecule has 0 fully saturated rings. The monoisotopic (exact) mass is 443 g/mol. The van der Waals surface area contributed by atoms with E-state index in [1.54, 1.807) is 25.1 Å². The normalized spacial score (nSPS) is 10.7. The first kappa shape index (κ1) is 21.7. The third-order valence-electron chi connectivity index (χ3n) is 5.40. The highest BCUT2D eigenvalue weighted by molar-refractivity contribution is 7.98. The van der Waals surface area contributed by atoms with E-state index in [0.717, 1.165) is 49.4 Å². The molecule has 0 radical (unpaired) electrons. The number of amides is 2. The van der Waals surface area contributed by atoms with Gasteiger partial charge in [-0.2, -0.15) is 0 Å². The summed E-state index contributed by atoms with van der Waals surface area (Å²) in [6.07, 6.45) is 5.67. The van der Waals surface area contributed by atoms with Gasteiger partial charge in [0.1, 0.15) is 5.75 Å². The van der Waals surface area contributed by atoms with Crippen LogP contribution in [-0.4, -0.2) is 24.4 Å². The Hall–Kier alpha value is -3.51. The zero-order valence-corrected chi connectivity index (χ0v) is 19.1. The molecule has 1 heterocycles. The first-order valence-electron chi connectivity index (χ1n) is 10.3. The summed E-state index contributed by atoms with van der Waals surface area (Å²) < 4.78 is 5.39. The first-order chi connectivity index (χ1) is 15.6. The van der Waals surface area contributed by atoms with Gasteiger partial charge < -0.3 is 15.4 Å². The average Bonchev–Trinajstić information content (AvgIpc) is 2.83. The number of fused-ring (bicyclic) bond motifs is 1. The Labute approximate surface area is 192 Å². The van der Waals surface area contributed by atoms with Crippen molar-refractivity contribution in [3.63, 3.8) is 0 Å². The quantitative estimate of drug-likeness (QED) is 0.345. The second-order valence-electron chi connectivity index (χ2n) is 7.41. The second-order valence-corrected chi connectivity index (χ2v) is 8.29. The van der Waals surface area contributed by atoms with Gasteiger partial charge in [0.15, 0.2) is 0 Å². The van der Waals surface area contributed by atoms with Crippen LogP contribution in [0.2, 0.25) is 0 Å². The summed E-state index contributed by atoms with van der Waals surface area (Å²) in [5.41, 5.74) is 5.09. The maximum absolute atomic E-state index is 12.4. The number of methoxy groups -OCH3 is 1. The molecule has 0 aliphatic carbocycles. The molecule has 0 spiro atoms. The molecule has 2 amide bonds. The van der Waals surface area contributed by atoms with E-state index in [1.165, 1.54) is 0 Å². The Bertz CT molecular complexity index is 1260. The molecule has 0 saturated carbocycles. The van der Waals surface area contributed by atoms with Crippen molar-refractivity contribution >= 4 is 34.3 Å². The number of benzene rings is 3. The molecule has 2 N–H and O–H groups in total. The lowest BCUT2D eigenvalue weighted by atomic mass is 9.95. The van der Waals surface area contributed by atoms with E-state index in [0.29, 0.717) is 6.54 Å². The van der Waals surface area contributed by atoms with Crippen LogP contribution in [0, 0.1) is 6.92 Å². The Morgan fingerprint density at radius 2 is 1.84 bits per heavy atom. The van der Waals surface area contributed by atoms with Crippen molar-refractivity contribution in [2.24, 2.45) is 0 Å². The van der Waals surface area contributed by atoms with E-state index >= 15 is 0 Å². The summed E-state index contributed by atoms with van der Waals surface area (Å²) in [5.74, 6) is 0.870. The van der Waals surface area contributed by atoms with Crippen LogP contribution in [0.15, 0.2) is 78.0 Å². The van der Waals surface area contributed by atoms with Crippen molar-refractivity contribution in [3.05, 3.63) is 84.2 Å². The third kappa shape index (κ3) is 4.70. The van der Waals surface area contributed by atoms with Gasteiger partial charge in [-0.1, -0.05) is 18.2 Å². The standard InChI is InChI=1S/C26H25N3O2S/c1-17-14-18(5-11-25(17)31-2)22-10-4-19(24-16-27-13-12-23(22)24)15-28-26(30)29-20-6-8-21(32-3)9-7-20/h4-14,16H,15H2,1-3H3,(H2,28,29,30). The van der Waals surface area contributed by atoms with Crippen molar-refractivity contribution in [1.82, 2.24) is 10.3 Å². The van der Waals surface area contributed by atoms with Crippen molar-refractivity contribution in [2.75, 3.05) is 18.7 Å². The highest BCUT2D eigenvalue weighted by atomic mass is 32.2. The van der Waals surface area contributed by atoms with Gasteiger partial charge in [0.25, 0.3) is 0 Å². The van der Waals surface area contributed by atoms with Crippen LogP contribution in [0.25, 0.3) is 21.9 Å². The van der Waals surface area contributed by atoms with Crippen LogP contribution < -0.4 is 15.4 Å². The second kappa shape index (κ2) is 9.75. The molecule has 1 aromatic heterocycles. The summed E-state index contributed by atoms with van der Waals surface area (Å²) in [6.45, 7) is 2.44. The van der Waals surface area contributed by atoms with Crippen LogP contribution >= 0.6 is 11.8 Å². The molecule has 4 rings (SSSR count). The maximum atomic E-state index is 12.4. The Balaban J connectivity index is 1.54. The lowest BCUT2D eigenvalue weighted by Gasteiger charge is -2.14. The lowest BCUT2D eigenvalue weighted by molar-refractivity contribution is 0.252. The van der Waals surface area contributed by atoms with Gasteiger partial charge in [-0.3, -0.25) is 4.98 Å². The summed E-state index contributed by atoms with van der Waals surface area (Å²) >= 11 is 1.67. The van der Waals surface area contributed by atoms with Crippen LogP contribution in [0.4, 0.5) is 10.5 Å². The molecular formula is C26H25N3O2S. The number of ether oxygens (including phenoxy) is 1. The molecule has 162 valence electrons. The fourth-order valence-electron chi connectivity index (χ4n) is 3.73. The maximum Gasteiger partial charge on any atom is 0.319 e. The van der Waals surface area contributed by atoms with E-state index in [2.05, 4.69) is 33.8 Å². The smallest absolute Gasteiger partial charge is 0.319 e. The minimum atomic E-state index is -0.242. The highest BCUT2D eigenvalue weighted by Gasteiger charge is 2.11. The van der Waals surface area contributed by atoms with Gasteiger partial charge in [-0.05, 0) is 83.3 Å². The van der Waals surface area contributed by atoms with Crippen LogP contribution in [-0.2, 0) is 6.54 Å². The Morgan fingerprint density at radius 1 is 1.03 bits per heavy atom. The molecule has 0 aliphatic rings. The van der Waals surface area contributed by atoms with Gasteiger partial charge in [-0.25, -0.2) is 4.79 Å². The van der Waals surface area contributed by atoms with Gasteiger partial charge in [0.2, 0.25) is 0 Å². The molecule has 6 heteroatoms. The molecule has 32 heavy (non-hydrogen) atoms. The van der Waals surface area contributed by atoms with Gasteiger partial charge >= 0.3 is 6.03 Å². The topological polar surface area (TPSA) is 63.2 Å². The van der Waals surface area contributed by atoms with E-state index in [4.69, 9.17) is 4.74 Å². The number of hydrogen-bond acceptors (Lipinski definition) is 4. The predicted molar refractivity (Wildman–Crippen MR) is 133 cm³/mol. The summed E-state index contributed by atoms with van der Waals surface area (Å²) in [5, 5.41) is 7.94. The molecule has 0 atom stereocenters. The van der Waals surface area contributed by atoms with E-state index in [-0.39, 0.29) is 6.03 Å². The van der Waals surface area contributed by atoms with Gasteiger partial charge in [-0.15, -0.1) is 11.8 Å². The fraction of sp³-hybridized carbons (Fsp3) is 0.154. The molecule has 0 bridgehead atoms. The minimum Gasteiger partial charge on any atom is -0.496 e. The van der Waals surface area contributed by atoms with Crippen molar-refractivity contribution in [3.8, 4) is 16.9 Å². The number of nitrogens with one attached hydrogen (secondary N) is 2. The SMILES string of the molecule is COc1ccc(-c2ccc(CNC(=O)Nc3ccc(SC)cc3)c3cnccc23)cc1C. The van der Waals surface area contributed by atoms with Gasteiger partial charge in [0, 0.05) is 34.9 Å². The lowest BCUT2D eigenvalue weighted by Crippen LogP contribution is -2.28. The number of pyridine rings is 1. The number of nitrogens with zero attached hydrogens (tertiary/aromatic N) is 1. The minimum absolute atomic E-state index is 0.242. The highest BCUT2D eigenvalue weighted by Crippen LogP contribution is 2.33. The zero-order valence-electron chi connectivity index (χ0n) is 18.3. The number of aromatic nitrogens is 1.